The van der Waals surface area contributed by atoms with Gasteiger partial charge in [0, 0.05) is 18.5 Å². The van der Waals surface area contributed by atoms with Crippen molar-refractivity contribution >= 4 is 11.0 Å². The number of benzene rings is 1. The maximum Gasteiger partial charge on any atom is 0.113 e. The molecule has 2 fully saturated rings. The first-order valence-corrected chi connectivity index (χ1v) is 8.41. The lowest BCUT2D eigenvalue weighted by Crippen LogP contribution is -2.06. The van der Waals surface area contributed by atoms with Crippen molar-refractivity contribution in [2.75, 3.05) is 0 Å². The Bertz CT molecular complexity index is 658. The summed E-state index contributed by atoms with van der Waals surface area (Å²) in [6.07, 6.45) is 5.64. The highest BCUT2D eigenvalue weighted by atomic mass is 15.1. The molecular formula is C18H25N3. The van der Waals surface area contributed by atoms with Crippen molar-refractivity contribution < 1.29 is 0 Å². The largest absolute Gasteiger partial charge is 0.326 e. The normalized spacial score (nSPS) is 28.1. The summed E-state index contributed by atoms with van der Waals surface area (Å²) in [6.45, 7) is 5.13. The SMILES string of the molecule is CC(C)n1c(C2C3CCCCC32)nc2cc(CN)ccc21. The number of aromatic nitrogens is 2. The lowest BCUT2D eigenvalue weighted by atomic mass is 10.0. The van der Waals surface area contributed by atoms with E-state index in [1.807, 2.05) is 0 Å². The van der Waals surface area contributed by atoms with Gasteiger partial charge in [0.2, 0.25) is 0 Å². The van der Waals surface area contributed by atoms with E-state index < -0.39 is 0 Å². The van der Waals surface area contributed by atoms with E-state index in [1.54, 1.807) is 0 Å². The van der Waals surface area contributed by atoms with E-state index in [9.17, 15) is 0 Å². The van der Waals surface area contributed by atoms with Crippen LogP contribution in [0.2, 0.25) is 0 Å². The van der Waals surface area contributed by atoms with E-state index in [-0.39, 0.29) is 0 Å². The van der Waals surface area contributed by atoms with Gasteiger partial charge in [-0.2, -0.15) is 0 Å². The number of nitrogens with zero attached hydrogens (tertiary/aromatic N) is 2. The van der Waals surface area contributed by atoms with Gasteiger partial charge in [0.15, 0.2) is 0 Å². The predicted octanol–water partition coefficient (Wildman–Crippen LogP) is 3.98. The maximum atomic E-state index is 5.78. The summed E-state index contributed by atoms with van der Waals surface area (Å²) in [6, 6.07) is 6.99. The standard InChI is InChI=1S/C18H25N3/c1-11(2)21-16-8-7-12(10-19)9-15(16)20-18(21)17-13-5-3-4-6-14(13)17/h7-9,11,13-14,17H,3-6,10,19H2,1-2H3. The van der Waals surface area contributed by atoms with Gasteiger partial charge in [0.05, 0.1) is 11.0 Å². The highest BCUT2D eigenvalue weighted by Crippen LogP contribution is 2.61. The molecule has 1 heterocycles. The first-order valence-electron chi connectivity index (χ1n) is 8.41. The Labute approximate surface area is 126 Å². The summed E-state index contributed by atoms with van der Waals surface area (Å²) in [5.41, 5.74) is 9.36. The average molecular weight is 283 g/mol. The molecule has 2 aliphatic carbocycles. The van der Waals surface area contributed by atoms with Gasteiger partial charge in [-0.1, -0.05) is 18.9 Å². The van der Waals surface area contributed by atoms with E-state index in [4.69, 9.17) is 10.7 Å². The molecule has 3 nitrogen and oxygen atoms in total. The van der Waals surface area contributed by atoms with Crippen LogP contribution in [0.4, 0.5) is 0 Å². The van der Waals surface area contributed by atoms with E-state index in [0.29, 0.717) is 18.5 Å². The Morgan fingerprint density at radius 3 is 2.57 bits per heavy atom. The fourth-order valence-corrected chi connectivity index (χ4v) is 4.44. The first-order chi connectivity index (χ1) is 10.2. The van der Waals surface area contributed by atoms with Crippen molar-refractivity contribution in [1.29, 1.82) is 0 Å². The van der Waals surface area contributed by atoms with E-state index in [0.717, 1.165) is 17.4 Å². The molecule has 0 radical (unpaired) electrons. The Hall–Kier alpha value is -1.35. The smallest absolute Gasteiger partial charge is 0.113 e. The summed E-state index contributed by atoms with van der Waals surface area (Å²) in [7, 11) is 0. The van der Waals surface area contributed by atoms with Gasteiger partial charge in [0.1, 0.15) is 5.82 Å². The molecular weight excluding hydrogens is 258 g/mol. The van der Waals surface area contributed by atoms with Crippen LogP contribution in [0.25, 0.3) is 11.0 Å². The second kappa shape index (κ2) is 4.84. The van der Waals surface area contributed by atoms with Gasteiger partial charge in [-0.3, -0.25) is 0 Å². The quantitative estimate of drug-likeness (QED) is 0.926. The van der Waals surface area contributed by atoms with Gasteiger partial charge in [-0.25, -0.2) is 4.98 Å². The minimum absolute atomic E-state index is 0.469. The zero-order chi connectivity index (χ0) is 14.6. The minimum atomic E-state index is 0.469. The molecule has 0 bridgehead atoms. The molecule has 21 heavy (non-hydrogen) atoms. The van der Waals surface area contributed by atoms with Crippen LogP contribution in [0.1, 0.15) is 62.9 Å². The summed E-state index contributed by atoms with van der Waals surface area (Å²) >= 11 is 0. The molecule has 0 saturated heterocycles. The van der Waals surface area contributed by atoms with Crippen molar-refractivity contribution in [3.8, 4) is 0 Å². The number of imidazole rings is 1. The summed E-state index contributed by atoms with van der Waals surface area (Å²) in [4.78, 5) is 5.04. The third kappa shape index (κ3) is 2.02. The zero-order valence-corrected chi connectivity index (χ0v) is 13.0. The third-order valence-corrected chi connectivity index (χ3v) is 5.49. The van der Waals surface area contributed by atoms with Gasteiger partial charge in [-0.15, -0.1) is 0 Å². The van der Waals surface area contributed by atoms with Gasteiger partial charge >= 0.3 is 0 Å². The molecule has 1 aromatic carbocycles. The molecule has 0 aliphatic heterocycles. The van der Waals surface area contributed by atoms with Crippen molar-refractivity contribution in [3.05, 3.63) is 29.6 Å². The van der Waals surface area contributed by atoms with Crippen LogP contribution in [0, 0.1) is 11.8 Å². The second-order valence-corrected chi connectivity index (χ2v) is 7.10. The number of hydrogen-bond donors (Lipinski definition) is 1. The summed E-state index contributed by atoms with van der Waals surface area (Å²) < 4.78 is 2.47. The molecule has 3 heteroatoms. The minimum Gasteiger partial charge on any atom is -0.326 e. The van der Waals surface area contributed by atoms with Crippen LogP contribution < -0.4 is 5.73 Å². The van der Waals surface area contributed by atoms with Crippen LogP contribution in [-0.2, 0) is 6.54 Å². The fourth-order valence-electron chi connectivity index (χ4n) is 4.44. The molecule has 1 aromatic heterocycles. The van der Waals surface area contributed by atoms with E-state index >= 15 is 0 Å². The van der Waals surface area contributed by atoms with E-state index in [2.05, 4.69) is 36.6 Å². The topological polar surface area (TPSA) is 43.8 Å². The average Bonchev–Trinajstić information content (AvgIpc) is 3.10. The molecule has 2 aromatic rings. The number of hydrogen-bond acceptors (Lipinski definition) is 2. The fraction of sp³-hybridized carbons (Fsp3) is 0.611. The predicted molar refractivity (Wildman–Crippen MR) is 86.2 cm³/mol. The van der Waals surface area contributed by atoms with Crippen LogP contribution >= 0.6 is 0 Å². The Morgan fingerprint density at radius 2 is 1.95 bits per heavy atom. The number of nitrogens with two attached hydrogens (primary N) is 1. The first kappa shape index (κ1) is 13.3. The monoisotopic (exact) mass is 283 g/mol. The molecule has 0 amide bonds. The lowest BCUT2D eigenvalue weighted by molar-refractivity contribution is 0.480. The lowest BCUT2D eigenvalue weighted by Gasteiger charge is -2.13. The molecule has 2 saturated carbocycles. The van der Waals surface area contributed by atoms with Gasteiger partial charge in [0.25, 0.3) is 0 Å². The third-order valence-electron chi connectivity index (χ3n) is 5.49. The molecule has 112 valence electrons. The molecule has 4 rings (SSSR count). The zero-order valence-electron chi connectivity index (χ0n) is 13.0. The van der Waals surface area contributed by atoms with Crippen LogP contribution in [0.3, 0.4) is 0 Å². The van der Waals surface area contributed by atoms with Crippen molar-refractivity contribution in [2.24, 2.45) is 17.6 Å². The number of rotatable bonds is 3. The summed E-state index contributed by atoms with van der Waals surface area (Å²) in [5, 5.41) is 0. The van der Waals surface area contributed by atoms with Crippen LogP contribution in [0.5, 0.6) is 0 Å². The van der Waals surface area contributed by atoms with Crippen molar-refractivity contribution in [1.82, 2.24) is 9.55 Å². The van der Waals surface area contributed by atoms with Crippen molar-refractivity contribution in [3.63, 3.8) is 0 Å². The number of fused-ring (bicyclic) bond motifs is 2. The molecule has 2 aliphatic rings. The molecule has 2 atom stereocenters. The van der Waals surface area contributed by atoms with Gasteiger partial charge in [-0.05, 0) is 56.2 Å². The highest BCUT2D eigenvalue weighted by Gasteiger charge is 2.53. The Balaban J connectivity index is 1.82. The maximum absolute atomic E-state index is 5.78. The second-order valence-electron chi connectivity index (χ2n) is 7.10. The van der Waals surface area contributed by atoms with E-state index in [1.165, 1.54) is 42.6 Å². The Morgan fingerprint density at radius 1 is 1.24 bits per heavy atom. The Kier molecular flexibility index (Phi) is 3.07. The highest BCUT2D eigenvalue weighted by molar-refractivity contribution is 5.77. The molecule has 2 unspecified atom stereocenters. The van der Waals surface area contributed by atoms with Crippen LogP contribution in [0.15, 0.2) is 18.2 Å². The van der Waals surface area contributed by atoms with Gasteiger partial charge < -0.3 is 10.3 Å². The molecule has 2 N–H and O–H groups in total. The van der Waals surface area contributed by atoms with Crippen LogP contribution in [-0.4, -0.2) is 9.55 Å². The summed E-state index contributed by atoms with van der Waals surface area (Å²) in [5.74, 6) is 3.86. The van der Waals surface area contributed by atoms with Crippen molar-refractivity contribution in [2.45, 2.75) is 58.0 Å². The molecule has 0 spiro atoms.